The second kappa shape index (κ2) is 20.2. The van der Waals surface area contributed by atoms with E-state index in [0.29, 0.717) is 0 Å². The third kappa shape index (κ3) is 23.5. The molecule has 0 bridgehead atoms. The van der Waals surface area contributed by atoms with Crippen molar-refractivity contribution in [2.45, 2.75) is 65.2 Å². The Bertz CT molecular complexity index is 135. The molecule has 0 radical (unpaired) electrons. The zero-order valence-electron chi connectivity index (χ0n) is 10.9. The first kappa shape index (κ1) is 18.1. The van der Waals surface area contributed by atoms with Gasteiger partial charge in [0.2, 0.25) is 6.08 Å². The van der Waals surface area contributed by atoms with Crippen LogP contribution >= 0.6 is 11.8 Å². The van der Waals surface area contributed by atoms with Gasteiger partial charge >= 0.3 is 0 Å². The van der Waals surface area contributed by atoms with Gasteiger partial charge in [0.25, 0.3) is 0 Å². The minimum atomic E-state index is 0.750. The van der Waals surface area contributed by atoms with Gasteiger partial charge in [0.15, 0.2) is 0 Å². The molecule has 0 amide bonds. The lowest BCUT2D eigenvalue weighted by Crippen LogP contribution is -1.85. The molecule has 0 saturated carbocycles. The number of isocyanates is 1. The predicted molar refractivity (Wildman–Crippen MR) is 74.0 cm³/mol. The van der Waals surface area contributed by atoms with Crippen LogP contribution in [-0.4, -0.2) is 17.6 Å². The highest BCUT2D eigenvalue weighted by Crippen LogP contribution is 2.10. The van der Waals surface area contributed by atoms with Gasteiger partial charge in [-0.25, -0.2) is 10.2 Å². The number of carbonyl (C=O) groups excluding carboxylic acids is 1. The maximum Gasteiger partial charge on any atom is 0.231 e. The molecule has 16 heavy (non-hydrogen) atoms. The topological polar surface area (TPSA) is 40.9 Å². The summed E-state index contributed by atoms with van der Waals surface area (Å²) in [5.41, 5.74) is 0. The smallest absolute Gasteiger partial charge is 0.222 e. The fourth-order valence-electron chi connectivity index (χ4n) is 1.36. The normalized spacial score (nSPS) is 9.12. The third-order valence-corrected chi connectivity index (χ3v) is 3.44. The summed E-state index contributed by atoms with van der Waals surface area (Å²) >= 11 is 2.15. The molecule has 96 valence electrons. The van der Waals surface area contributed by atoms with E-state index in [1.54, 1.807) is 0 Å². The van der Waals surface area contributed by atoms with Crippen molar-refractivity contribution in [3.8, 4) is 0 Å². The van der Waals surface area contributed by atoms with Gasteiger partial charge in [-0.15, -0.1) is 0 Å². The number of hydrogen-bond donors (Lipinski definition) is 1. The molecule has 0 aliphatic rings. The summed E-state index contributed by atoms with van der Waals surface area (Å²) in [5, 5.41) is 5.40. The molecule has 0 heterocycles. The highest BCUT2D eigenvalue weighted by atomic mass is 32.2. The largest absolute Gasteiger partial charge is 0.231 e. The Labute approximate surface area is 105 Å². The van der Waals surface area contributed by atoms with Gasteiger partial charge in [-0.05, 0) is 24.3 Å². The van der Waals surface area contributed by atoms with E-state index in [9.17, 15) is 0 Å². The maximum atomic E-state index is 8.35. The number of thioether (sulfide) groups is 1. The van der Waals surface area contributed by atoms with Crippen molar-refractivity contribution in [2.24, 2.45) is 0 Å². The lowest BCUT2D eigenvalue weighted by Gasteiger charge is -2.00. The lowest BCUT2D eigenvalue weighted by atomic mass is 10.2. The van der Waals surface area contributed by atoms with Gasteiger partial charge < -0.3 is 0 Å². The van der Waals surface area contributed by atoms with Crippen LogP contribution < -0.4 is 0 Å². The van der Waals surface area contributed by atoms with Crippen LogP contribution in [0.2, 0.25) is 0 Å². The molecular formula is C13H27NOS. The Morgan fingerprint density at radius 2 is 1.25 bits per heavy atom. The summed E-state index contributed by atoms with van der Waals surface area (Å²) in [4.78, 5) is 8.35. The van der Waals surface area contributed by atoms with Crippen LogP contribution in [0.5, 0.6) is 0 Å². The third-order valence-electron chi connectivity index (χ3n) is 2.28. The maximum absolute atomic E-state index is 8.35. The fourth-order valence-corrected chi connectivity index (χ4v) is 2.38. The van der Waals surface area contributed by atoms with Crippen molar-refractivity contribution in [2.75, 3.05) is 11.5 Å². The van der Waals surface area contributed by atoms with Crippen LogP contribution in [0, 0.1) is 5.41 Å². The second-order valence-corrected chi connectivity index (χ2v) is 5.06. The van der Waals surface area contributed by atoms with E-state index in [4.69, 9.17) is 10.2 Å². The molecule has 0 aliphatic carbocycles. The van der Waals surface area contributed by atoms with Crippen LogP contribution in [0.15, 0.2) is 0 Å². The summed E-state index contributed by atoms with van der Waals surface area (Å²) in [7, 11) is 0. The van der Waals surface area contributed by atoms with Gasteiger partial charge in [-0.2, -0.15) is 11.8 Å². The van der Waals surface area contributed by atoms with Crippen molar-refractivity contribution in [1.29, 1.82) is 5.41 Å². The zero-order chi connectivity index (χ0) is 12.5. The molecule has 0 fully saturated rings. The van der Waals surface area contributed by atoms with E-state index >= 15 is 0 Å². The van der Waals surface area contributed by atoms with Crippen LogP contribution in [0.25, 0.3) is 0 Å². The Hall–Kier alpha value is -0.270. The first-order chi connectivity index (χ1) is 7.83. The quantitative estimate of drug-likeness (QED) is 0.342. The molecule has 3 heteroatoms. The number of unbranched alkanes of at least 4 members (excludes halogenated alkanes) is 6. The zero-order valence-corrected chi connectivity index (χ0v) is 11.7. The summed E-state index contributed by atoms with van der Waals surface area (Å²) in [6.45, 7) is 4.55. The highest BCUT2D eigenvalue weighted by Gasteiger charge is 1.90. The van der Waals surface area contributed by atoms with Gasteiger partial charge in [-0.3, -0.25) is 0 Å². The predicted octanol–water partition coefficient (Wildman–Crippen LogP) is 4.78. The minimum absolute atomic E-state index is 0.750. The Kier molecular flexibility index (Phi) is 22.8. The molecule has 0 atom stereocenters. The van der Waals surface area contributed by atoms with E-state index in [1.807, 2.05) is 0 Å². The van der Waals surface area contributed by atoms with Crippen LogP contribution in [-0.2, 0) is 4.79 Å². The Balaban J connectivity index is 0. The minimum Gasteiger partial charge on any atom is -0.222 e. The molecular weight excluding hydrogens is 218 g/mol. The monoisotopic (exact) mass is 245 g/mol. The van der Waals surface area contributed by atoms with Crippen LogP contribution in [0.4, 0.5) is 0 Å². The van der Waals surface area contributed by atoms with Crippen LogP contribution in [0.1, 0.15) is 65.2 Å². The van der Waals surface area contributed by atoms with Gasteiger partial charge in [0.1, 0.15) is 0 Å². The fraction of sp³-hybridized carbons (Fsp3) is 0.923. The second-order valence-electron chi connectivity index (χ2n) is 3.84. The molecule has 0 unspecified atom stereocenters. The summed E-state index contributed by atoms with van der Waals surface area (Å²) in [5.74, 6) is 2.79. The van der Waals surface area contributed by atoms with E-state index in [1.165, 1.54) is 62.9 Å². The van der Waals surface area contributed by atoms with Gasteiger partial charge in [0, 0.05) is 0 Å². The van der Waals surface area contributed by atoms with Crippen LogP contribution in [0.3, 0.4) is 0 Å². The number of rotatable bonds is 10. The SMILES string of the molecule is CCCCCCSCCCCCC.N=C=O. The summed E-state index contributed by atoms with van der Waals surface area (Å²) in [6.07, 6.45) is 12.1. The van der Waals surface area contributed by atoms with E-state index in [0.717, 1.165) is 6.08 Å². The molecule has 0 aromatic heterocycles. The standard InChI is InChI=1S/C12H26S.CHNO/c1-3-5-7-9-11-13-12-10-8-6-4-2;2-1-3/h3-12H2,1-2H3;2H. The molecule has 0 spiro atoms. The van der Waals surface area contributed by atoms with Crippen molar-refractivity contribution in [3.63, 3.8) is 0 Å². The molecule has 0 saturated heterocycles. The van der Waals surface area contributed by atoms with Crippen molar-refractivity contribution in [1.82, 2.24) is 0 Å². The summed E-state index contributed by atoms with van der Waals surface area (Å²) in [6, 6.07) is 0. The van der Waals surface area contributed by atoms with Gasteiger partial charge in [0.05, 0.1) is 0 Å². The average molecular weight is 245 g/mol. The van der Waals surface area contributed by atoms with E-state index < -0.39 is 0 Å². The number of nitrogens with one attached hydrogen (secondary N) is 1. The molecule has 0 aliphatic heterocycles. The van der Waals surface area contributed by atoms with Gasteiger partial charge in [-0.1, -0.05) is 52.4 Å². The molecule has 0 aromatic carbocycles. The lowest BCUT2D eigenvalue weighted by molar-refractivity contribution is 0.563. The van der Waals surface area contributed by atoms with E-state index in [-0.39, 0.29) is 0 Å². The van der Waals surface area contributed by atoms with E-state index in [2.05, 4.69) is 25.6 Å². The molecule has 2 nitrogen and oxygen atoms in total. The highest BCUT2D eigenvalue weighted by molar-refractivity contribution is 7.99. The molecule has 0 rings (SSSR count). The Morgan fingerprint density at radius 3 is 1.56 bits per heavy atom. The number of hydrogen-bond acceptors (Lipinski definition) is 3. The molecule has 1 N–H and O–H groups in total. The van der Waals surface area contributed by atoms with Crippen molar-refractivity contribution in [3.05, 3.63) is 0 Å². The summed E-state index contributed by atoms with van der Waals surface area (Å²) < 4.78 is 0. The van der Waals surface area contributed by atoms with Crippen molar-refractivity contribution >= 4 is 17.8 Å². The van der Waals surface area contributed by atoms with Crippen molar-refractivity contribution < 1.29 is 4.79 Å². The first-order valence-electron chi connectivity index (χ1n) is 6.45. The first-order valence-corrected chi connectivity index (χ1v) is 7.60. The Morgan fingerprint density at radius 1 is 0.875 bits per heavy atom. The average Bonchev–Trinajstić information content (AvgIpc) is 2.28. The molecule has 0 aromatic rings.